The van der Waals surface area contributed by atoms with E-state index < -0.39 is 5.54 Å². The zero-order valence-electron chi connectivity index (χ0n) is 18.5. The van der Waals surface area contributed by atoms with Gasteiger partial charge in [0.15, 0.2) is 5.78 Å². The molecule has 0 aliphatic carbocycles. The van der Waals surface area contributed by atoms with Gasteiger partial charge in [-0.3, -0.25) is 9.79 Å². The maximum absolute atomic E-state index is 12.9. The number of ketones is 1. The summed E-state index contributed by atoms with van der Waals surface area (Å²) in [4.78, 5) is 31.6. The van der Waals surface area contributed by atoms with Crippen molar-refractivity contribution in [3.8, 4) is 0 Å². The van der Waals surface area contributed by atoms with Crippen molar-refractivity contribution >= 4 is 17.6 Å². The lowest BCUT2D eigenvalue weighted by molar-refractivity contribution is -0.123. The molecule has 2 aliphatic heterocycles. The van der Waals surface area contributed by atoms with E-state index >= 15 is 0 Å². The van der Waals surface area contributed by atoms with Crippen molar-refractivity contribution in [3.63, 3.8) is 0 Å². The second-order valence-corrected chi connectivity index (χ2v) is 10.1. The molecule has 0 bridgehead atoms. The van der Waals surface area contributed by atoms with E-state index in [-0.39, 0.29) is 17.4 Å². The Morgan fingerprint density at radius 3 is 2.50 bits per heavy atom. The number of nitrogens with zero attached hydrogens (tertiary/aromatic N) is 2. The van der Waals surface area contributed by atoms with Crippen LogP contribution in [0, 0.1) is 11.8 Å². The van der Waals surface area contributed by atoms with E-state index in [0.29, 0.717) is 24.1 Å². The number of carbonyl (C=O) groups is 2. The van der Waals surface area contributed by atoms with Gasteiger partial charge in [0.05, 0.1) is 0 Å². The fourth-order valence-corrected chi connectivity index (χ4v) is 4.23. The molecule has 0 radical (unpaired) electrons. The average Bonchev–Trinajstić information content (AvgIpc) is 2.61. The summed E-state index contributed by atoms with van der Waals surface area (Å²) in [5.41, 5.74) is 6.26. The third-order valence-corrected chi connectivity index (χ3v) is 5.46. The zero-order valence-corrected chi connectivity index (χ0v) is 18.5. The van der Waals surface area contributed by atoms with Crippen LogP contribution in [0.4, 0.5) is 4.79 Å². The van der Waals surface area contributed by atoms with Crippen LogP contribution < -0.4 is 11.1 Å². The number of aliphatic imine (C=N–C) groups is 1. The normalized spacial score (nSPS) is 24.7. The van der Waals surface area contributed by atoms with Gasteiger partial charge >= 0.3 is 6.03 Å². The molecular formula is C22H38N4O2. The minimum Gasteiger partial charge on any atom is -0.384 e. The van der Waals surface area contributed by atoms with Crippen LogP contribution >= 0.6 is 0 Å². The number of amidine groups is 1. The van der Waals surface area contributed by atoms with Gasteiger partial charge in [0.1, 0.15) is 11.4 Å². The smallest absolute Gasteiger partial charge is 0.317 e. The van der Waals surface area contributed by atoms with Crippen LogP contribution in [-0.4, -0.2) is 46.7 Å². The Balaban J connectivity index is 1.93. The quantitative estimate of drug-likeness (QED) is 0.768. The van der Waals surface area contributed by atoms with E-state index in [2.05, 4.69) is 24.2 Å². The first-order valence-corrected chi connectivity index (χ1v) is 10.5. The summed E-state index contributed by atoms with van der Waals surface area (Å²) < 4.78 is 0. The molecule has 2 heterocycles. The van der Waals surface area contributed by atoms with Crippen LogP contribution in [0.2, 0.25) is 0 Å². The fraction of sp³-hybridized carbons (Fsp3) is 0.773. The van der Waals surface area contributed by atoms with Gasteiger partial charge in [-0.15, -0.1) is 0 Å². The van der Waals surface area contributed by atoms with E-state index in [1.807, 2.05) is 38.7 Å². The molecule has 0 spiro atoms. The molecule has 2 amide bonds. The third-order valence-electron chi connectivity index (χ3n) is 5.46. The fourth-order valence-electron chi connectivity index (χ4n) is 4.23. The van der Waals surface area contributed by atoms with Crippen LogP contribution in [0.1, 0.15) is 73.6 Å². The molecule has 1 saturated heterocycles. The van der Waals surface area contributed by atoms with Crippen molar-refractivity contribution in [1.29, 1.82) is 0 Å². The average molecular weight is 391 g/mol. The Kier molecular flexibility index (Phi) is 6.94. The summed E-state index contributed by atoms with van der Waals surface area (Å²) in [5, 5.41) is 3.03. The van der Waals surface area contributed by atoms with E-state index in [9.17, 15) is 9.59 Å². The summed E-state index contributed by atoms with van der Waals surface area (Å²) in [6.07, 6.45) is 5.80. The molecule has 2 rings (SSSR count). The van der Waals surface area contributed by atoms with Gasteiger partial charge in [0, 0.05) is 25.0 Å². The molecule has 0 aromatic heterocycles. The lowest BCUT2D eigenvalue weighted by Crippen LogP contribution is -2.50. The number of rotatable bonds is 4. The van der Waals surface area contributed by atoms with Crippen LogP contribution in [0.5, 0.6) is 0 Å². The number of piperidine rings is 1. The van der Waals surface area contributed by atoms with Gasteiger partial charge in [-0.2, -0.15) is 0 Å². The number of amides is 2. The first-order valence-electron chi connectivity index (χ1n) is 10.5. The Morgan fingerprint density at radius 1 is 1.36 bits per heavy atom. The Labute approximate surface area is 170 Å². The minimum atomic E-state index is -0.717. The molecule has 3 N–H and O–H groups in total. The van der Waals surface area contributed by atoms with Gasteiger partial charge in [0.25, 0.3) is 0 Å². The van der Waals surface area contributed by atoms with Crippen LogP contribution in [0.25, 0.3) is 0 Å². The number of carbonyl (C=O) groups excluding carboxylic acids is 2. The van der Waals surface area contributed by atoms with Crippen LogP contribution in [0.15, 0.2) is 16.6 Å². The number of Topliss-reactive ketones (excluding diaryl/α,β-unsaturated/α-hetero) is 1. The number of allylic oxidation sites excluding steroid dienone is 1. The minimum absolute atomic E-state index is 0.00985. The van der Waals surface area contributed by atoms with Crippen molar-refractivity contribution in [3.05, 3.63) is 11.6 Å². The number of nitrogens with one attached hydrogen (secondary N) is 1. The summed E-state index contributed by atoms with van der Waals surface area (Å²) in [6, 6.07) is 0.00985. The Bertz CT molecular complexity index is 652. The van der Waals surface area contributed by atoms with Crippen molar-refractivity contribution in [2.75, 3.05) is 13.1 Å². The van der Waals surface area contributed by atoms with Crippen LogP contribution in [-0.2, 0) is 4.79 Å². The first kappa shape index (κ1) is 22.4. The number of likely N-dealkylation sites (tertiary alicyclic amines) is 1. The standard InChI is InChI=1S/C22H38N4O2/c1-15(2)14-22(6)18(27)12-17(13-19(23)24-22)11-16-7-9-26(10-8-16)20(28)25-21(3,4)5/h13,15-16H,7-12,14H2,1-6H3,(H2,23,24)(H,25,28). The molecule has 1 fully saturated rings. The first-order chi connectivity index (χ1) is 12.9. The van der Waals surface area contributed by atoms with Crippen molar-refractivity contribution in [2.24, 2.45) is 22.6 Å². The van der Waals surface area contributed by atoms with Crippen LogP contribution in [0.3, 0.4) is 0 Å². The predicted molar refractivity (Wildman–Crippen MR) is 114 cm³/mol. The van der Waals surface area contributed by atoms with E-state index in [0.717, 1.165) is 44.3 Å². The lowest BCUT2D eigenvalue weighted by atomic mass is 9.83. The SMILES string of the molecule is CC(C)CC1(C)N=C(N)C=C(CC2CCN(C(=O)NC(C)(C)C)CC2)CC1=O. The highest BCUT2D eigenvalue weighted by atomic mass is 16.2. The molecule has 0 saturated carbocycles. The topological polar surface area (TPSA) is 87.8 Å². The number of urea groups is 1. The van der Waals surface area contributed by atoms with Crippen molar-refractivity contribution < 1.29 is 9.59 Å². The molecule has 158 valence electrons. The highest BCUT2D eigenvalue weighted by Crippen LogP contribution is 2.31. The zero-order chi connectivity index (χ0) is 21.1. The monoisotopic (exact) mass is 390 g/mol. The molecule has 1 unspecified atom stereocenters. The largest absolute Gasteiger partial charge is 0.384 e. The summed E-state index contributed by atoms with van der Waals surface area (Å²) in [7, 11) is 0. The van der Waals surface area contributed by atoms with Gasteiger partial charge in [-0.05, 0) is 71.3 Å². The summed E-state index contributed by atoms with van der Waals surface area (Å²) in [6.45, 7) is 13.6. The van der Waals surface area contributed by atoms with E-state index in [4.69, 9.17) is 5.73 Å². The third kappa shape index (κ3) is 6.35. The molecule has 6 nitrogen and oxygen atoms in total. The molecule has 28 heavy (non-hydrogen) atoms. The second kappa shape index (κ2) is 8.66. The molecule has 6 heteroatoms. The maximum atomic E-state index is 12.9. The van der Waals surface area contributed by atoms with Gasteiger partial charge in [-0.1, -0.05) is 19.4 Å². The molecule has 1 atom stereocenters. The van der Waals surface area contributed by atoms with E-state index in [1.54, 1.807) is 0 Å². The summed E-state index contributed by atoms with van der Waals surface area (Å²) in [5.74, 6) is 1.48. The maximum Gasteiger partial charge on any atom is 0.317 e. The highest BCUT2D eigenvalue weighted by molar-refractivity contribution is 6.00. The molecule has 2 aliphatic rings. The number of hydrogen-bond donors (Lipinski definition) is 2. The van der Waals surface area contributed by atoms with E-state index in [1.165, 1.54) is 0 Å². The highest BCUT2D eigenvalue weighted by Gasteiger charge is 2.36. The summed E-state index contributed by atoms with van der Waals surface area (Å²) >= 11 is 0. The molecule has 0 aromatic rings. The number of hydrogen-bond acceptors (Lipinski definition) is 4. The predicted octanol–water partition coefficient (Wildman–Crippen LogP) is 3.66. The van der Waals surface area contributed by atoms with Gasteiger partial charge in [0.2, 0.25) is 0 Å². The van der Waals surface area contributed by atoms with Gasteiger partial charge in [-0.25, -0.2) is 4.79 Å². The van der Waals surface area contributed by atoms with Crippen molar-refractivity contribution in [2.45, 2.75) is 84.7 Å². The molecular weight excluding hydrogens is 352 g/mol. The van der Waals surface area contributed by atoms with Crippen molar-refractivity contribution in [1.82, 2.24) is 10.2 Å². The number of nitrogens with two attached hydrogens (primary N) is 1. The lowest BCUT2D eigenvalue weighted by Gasteiger charge is -2.34. The Morgan fingerprint density at radius 2 is 1.96 bits per heavy atom. The Hall–Kier alpha value is -1.85. The second-order valence-electron chi connectivity index (χ2n) is 10.1. The van der Waals surface area contributed by atoms with Gasteiger partial charge < -0.3 is 16.0 Å². The molecule has 0 aromatic carbocycles.